The number of benzene rings is 1. The van der Waals surface area contributed by atoms with Crippen LogP contribution in [0.5, 0.6) is 0 Å². The molecular weight excluding hydrogens is 210 g/mol. The van der Waals surface area contributed by atoms with E-state index in [1.165, 1.54) is 0 Å². The van der Waals surface area contributed by atoms with Gasteiger partial charge < -0.3 is 5.32 Å². The average Bonchev–Trinajstić information content (AvgIpc) is 2.17. The van der Waals surface area contributed by atoms with Crippen LogP contribution in [0.25, 0.3) is 0 Å². The summed E-state index contributed by atoms with van der Waals surface area (Å²) < 4.78 is 0. The van der Waals surface area contributed by atoms with Gasteiger partial charge >= 0.3 is 0 Å². The van der Waals surface area contributed by atoms with E-state index in [0.717, 1.165) is 16.7 Å². The molecule has 82 valence electrons. The van der Waals surface area contributed by atoms with E-state index < -0.39 is 0 Å². The third-order valence-electron chi connectivity index (χ3n) is 2.32. The maximum atomic E-state index is 11.9. The number of hydrogen-bond donors (Lipinski definition) is 1. The summed E-state index contributed by atoms with van der Waals surface area (Å²) in [6, 6.07) is 5.82. The molecule has 0 aromatic heterocycles. The molecule has 0 spiro atoms. The minimum atomic E-state index is -0.0428. The molecule has 0 aliphatic heterocycles. The van der Waals surface area contributed by atoms with Crippen molar-refractivity contribution < 1.29 is 4.79 Å². The van der Waals surface area contributed by atoms with Gasteiger partial charge in [-0.1, -0.05) is 18.2 Å². The second-order valence-corrected chi connectivity index (χ2v) is 4.10. The number of carbonyl (C=O) groups excluding carboxylic acids is 1. The number of halogens is 1. The van der Waals surface area contributed by atoms with Gasteiger partial charge in [-0.2, -0.15) is 0 Å². The Hall–Kier alpha value is -1.02. The number of rotatable bonds is 3. The fraction of sp³-hybridized carbons (Fsp3) is 0.417. The van der Waals surface area contributed by atoms with E-state index in [-0.39, 0.29) is 11.9 Å². The summed E-state index contributed by atoms with van der Waals surface area (Å²) in [4.78, 5) is 11.9. The zero-order chi connectivity index (χ0) is 11.4. The largest absolute Gasteiger partial charge is 0.348 e. The van der Waals surface area contributed by atoms with E-state index in [1.54, 1.807) is 0 Å². The van der Waals surface area contributed by atoms with E-state index in [1.807, 2.05) is 39.0 Å². The van der Waals surface area contributed by atoms with Gasteiger partial charge in [0.2, 0.25) is 0 Å². The normalized spacial score (nSPS) is 12.3. The Labute approximate surface area is 95.6 Å². The minimum Gasteiger partial charge on any atom is -0.348 e. The van der Waals surface area contributed by atoms with Crippen LogP contribution >= 0.6 is 11.6 Å². The van der Waals surface area contributed by atoms with Crippen molar-refractivity contribution in [3.63, 3.8) is 0 Å². The molecule has 0 aliphatic carbocycles. The van der Waals surface area contributed by atoms with Crippen molar-refractivity contribution in [1.82, 2.24) is 5.32 Å². The molecule has 0 saturated heterocycles. The molecule has 15 heavy (non-hydrogen) atoms. The van der Waals surface area contributed by atoms with Crippen LogP contribution in [0.15, 0.2) is 18.2 Å². The molecule has 0 saturated carbocycles. The monoisotopic (exact) mass is 225 g/mol. The van der Waals surface area contributed by atoms with Crippen LogP contribution in [0, 0.1) is 13.8 Å². The second kappa shape index (κ2) is 5.17. The van der Waals surface area contributed by atoms with Crippen molar-refractivity contribution in [3.05, 3.63) is 34.9 Å². The quantitative estimate of drug-likeness (QED) is 0.788. The molecule has 0 radical (unpaired) electrons. The van der Waals surface area contributed by atoms with Crippen molar-refractivity contribution in [3.8, 4) is 0 Å². The Morgan fingerprint density at radius 1 is 1.40 bits per heavy atom. The van der Waals surface area contributed by atoms with Gasteiger partial charge in [0.25, 0.3) is 5.91 Å². The highest BCUT2D eigenvalue weighted by Gasteiger charge is 2.13. The first-order valence-corrected chi connectivity index (χ1v) is 5.52. The highest BCUT2D eigenvalue weighted by molar-refractivity contribution is 6.18. The Morgan fingerprint density at radius 3 is 2.40 bits per heavy atom. The van der Waals surface area contributed by atoms with Crippen LogP contribution < -0.4 is 5.32 Å². The Balaban J connectivity index is 2.91. The third kappa shape index (κ3) is 2.96. The van der Waals surface area contributed by atoms with Crippen LogP contribution in [0.3, 0.4) is 0 Å². The van der Waals surface area contributed by atoms with Gasteiger partial charge in [-0.05, 0) is 31.9 Å². The second-order valence-electron chi connectivity index (χ2n) is 3.80. The standard InChI is InChI=1S/C12H16ClNO/c1-8-5-4-6-9(2)11(8)12(15)14-10(3)7-13/h4-6,10H,7H2,1-3H3,(H,14,15). The number of aryl methyl sites for hydroxylation is 2. The molecule has 0 fully saturated rings. The summed E-state index contributed by atoms with van der Waals surface area (Å²) in [5, 5.41) is 2.86. The first kappa shape index (κ1) is 12.1. The predicted molar refractivity (Wildman–Crippen MR) is 63.6 cm³/mol. The van der Waals surface area contributed by atoms with Crippen LogP contribution in [0.1, 0.15) is 28.4 Å². The van der Waals surface area contributed by atoms with E-state index >= 15 is 0 Å². The summed E-state index contributed by atoms with van der Waals surface area (Å²) in [7, 11) is 0. The number of hydrogen-bond acceptors (Lipinski definition) is 1. The molecular formula is C12H16ClNO. The molecule has 1 rings (SSSR count). The van der Waals surface area contributed by atoms with Gasteiger partial charge in [0.05, 0.1) is 0 Å². The van der Waals surface area contributed by atoms with Crippen LogP contribution in [-0.2, 0) is 0 Å². The van der Waals surface area contributed by atoms with Gasteiger partial charge in [-0.3, -0.25) is 4.79 Å². The smallest absolute Gasteiger partial charge is 0.252 e. The maximum absolute atomic E-state index is 11.9. The molecule has 1 amide bonds. The minimum absolute atomic E-state index is 0.00169. The third-order valence-corrected chi connectivity index (χ3v) is 2.78. The lowest BCUT2D eigenvalue weighted by atomic mass is 10.0. The van der Waals surface area contributed by atoms with Crippen molar-refractivity contribution in [2.75, 3.05) is 5.88 Å². The van der Waals surface area contributed by atoms with Gasteiger partial charge in [-0.15, -0.1) is 11.6 Å². The molecule has 0 aliphatic rings. The molecule has 2 nitrogen and oxygen atoms in total. The van der Waals surface area contributed by atoms with Gasteiger partial charge in [0.1, 0.15) is 0 Å². The molecule has 1 atom stereocenters. The van der Waals surface area contributed by atoms with Crippen molar-refractivity contribution in [2.45, 2.75) is 26.8 Å². The van der Waals surface area contributed by atoms with Gasteiger partial charge in [0, 0.05) is 17.5 Å². The molecule has 1 N–H and O–H groups in total. The van der Waals surface area contributed by atoms with E-state index in [9.17, 15) is 4.79 Å². The van der Waals surface area contributed by atoms with Crippen LogP contribution in [0.4, 0.5) is 0 Å². The maximum Gasteiger partial charge on any atom is 0.252 e. The Kier molecular flexibility index (Phi) is 4.15. The van der Waals surface area contributed by atoms with Gasteiger partial charge in [-0.25, -0.2) is 0 Å². The predicted octanol–water partition coefficient (Wildman–Crippen LogP) is 2.66. The molecule has 0 heterocycles. The summed E-state index contributed by atoms with van der Waals surface area (Å²) >= 11 is 5.65. The fourth-order valence-corrected chi connectivity index (χ4v) is 1.58. The SMILES string of the molecule is Cc1cccc(C)c1C(=O)NC(C)CCl. The summed E-state index contributed by atoms with van der Waals surface area (Å²) in [6.45, 7) is 5.76. The Morgan fingerprint density at radius 2 is 1.93 bits per heavy atom. The molecule has 0 bridgehead atoms. The molecule has 1 unspecified atom stereocenters. The molecule has 3 heteroatoms. The molecule has 1 aromatic rings. The summed E-state index contributed by atoms with van der Waals surface area (Å²) in [5.41, 5.74) is 2.75. The van der Waals surface area contributed by atoms with E-state index in [2.05, 4.69) is 5.32 Å². The fourth-order valence-electron chi connectivity index (χ4n) is 1.51. The van der Waals surface area contributed by atoms with Crippen LogP contribution in [0.2, 0.25) is 0 Å². The first-order valence-electron chi connectivity index (χ1n) is 4.99. The van der Waals surface area contributed by atoms with Gasteiger partial charge in [0.15, 0.2) is 0 Å². The average molecular weight is 226 g/mol. The lowest BCUT2D eigenvalue weighted by Gasteiger charge is -2.13. The van der Waals surface area contributed by atoms with E-state index in [0.29, 0.717) is 5.88 Å². The summed E-state index contributed by atoms with van der Waals surface area (Å²) in [5.74, 6) is 0.384. The first-order chi connectivity index (χ1) is 7.06. The lowest BCUT2D eigenvalue weighted by Crippen LogP contribution is -2.34. The molecule has 1 aromatic carbocycles. The van der Waals surface area contributed by atoms with Crippen LogP contribution in [-0.4, -0.2) is 17.8 Å². The zero-order valence-corrected chi connectivity index (χ0v) is 10.1. The number of carbonyl (C=O) groups is 1. The topological polar surface area (TPSA) is 29.1 Å². The highest BCUT2D eigenvalue weighted by Crippen LogP contribution is 2.13. The summed E-state index contributed by atoms with van der Waals surface area (Å²) in [6.07, 6.45) is 0. The van der Waals surface area contributed by atoms with Crippen molar-refractivity contribution in [2.24, 2.45) is 0 Å². The van der Waals surface area contributed by atoms with Crippen molar-refractivity contribution in [1.29, 1.82) is 0 Å². The lowest BCUT2D eigenvalue weighted by molar-refractivity contribution is 0.0942. The highest BCUT2D eigenvalue weighted by atomic mass is 35.5. The van der Waals surface area contributed by atoms with Crippen molar-refractivity contribution >= 4 is 17.5 Å². The van der Waals surface area contributed by atoms with E-state index in [4.69, 9.17) is 11.6 Å². The number of amides is 1. The zero-order valence-electron chi connectivity index (χ0n) is 9.30. The number of nitrogens with one attached hydrogen (secondary N) is 1. The Bertz CT molecular complexity index is 342. The number of alkyl halides is 1.